The van der Waals surface area contributed by atoms with Crippen LogP contribution in [0.5, 0.6) is 11.5 Å². The highest BCUT2D eigenvalue weighted by Gasteiger charge is 2.36. The number of likely N-dealkylation sites (tertiary alicyclic amines) is 1. The molecule has 1 atom stereocenters. The maximum absolute atomic E-state index is 12.5. The van der Waals surface area contributed by atoms with Gasteiger partial charge in [0.05, 0.1) is 14.2 Å². The first kappa shape index (κ1) is 21.3. The molecule has 2 aliphatic rings. The molecule has 8 heteroatoms. The van der Waals surface area contributed by atoms with Crippen LogP contribution in [-0.2, 0) is 11.3 Å². The van der Waals surface area contributed by atoms with Crippen LogP contribution in [0.15, 0.2) is 47.3 Å². The third-order valence-corrected chi connectivity index (χ3v) is 6.58. The molecule has 1 aliphatic carbocycles. The van der Waals surface area contributed by atoms with Crippen LogP contribution in [-0.4, -0.2) is 52.9 Å². The Morgan fingerprint density at radius 3 is 2.39 bits per heavy atom. The number of nitrogens with one attached hydrogen (secondary N) is 1. The molecule has 1 saturated heterocycles. The van der Waals surface area contributed by atoms with Crippen LogP contribution in [0.1, 0.15) is 19.3 Å². The van der Waals surface area contributed by atoms with Gasteiger partial charge in [-0.3, -0.25) is 9.36 Å². The van der Waals surface area contributed by atoms with Gasteiger partial charge in [0, 0.05) is 31.1 Å². The zero-order chi connectivity index (χ0) is 22.9. The Kier molecular flexibility index (Phi) is 5.66. The standard InChI is InChI=1S/C25H28N4O4/c1-32-21-10-9-20(13-22(21)33-2)17-3-5-18(6-4-17)23-26-27-25(31)29(23)15-16-11-12-28(14-16)24(30)19-7-8-19/h3-6,9-10,13,16,19H,7-8,11-12,14-15H2,1-2H3,(H,27,31)/t16-/m1/s1. The predicted octanol–water partition coefficient (Wildman–Crippen LogP) is 3.18. The van der Waals surface area contributed by atoms with Crippen LogP contribution in [0.25, 0.3) is 22.5 Å². The van der Waals surface area contributed by atoms with E-state index in [0.29, 0.717) is 30.4 Å². The minimum absolute atomic E-state index is 0.221. The molecule has 33 heavy (non-hydrogen) atoms. The Balaban J connectivity index is 1.33. The highest BCUT2D eigenvalue weighted by molar-refractivity contribution is 5.81. The highest BCUT2D eigenvalue weighted by Crippen LogP contribution is 2.34. The topological polar surface area (TPSA) is 89.5 Å². The Bertz CT molecular complexity index is 1210. The Morgan fingerprint density at radius 2 is 1.70 bits per heavy atom. The molecule has 2 aromatic carbocycles. The lowest BCUT2D eigenvalue weighted by molar-refractivity contribution is -0.131. The van der Waals surface area contributed by atoms with E-state index in [1.54, 1.807) is 18.8 Å². The molecule has 172 valence electrons. The summed E-state index contributed by atoms with van der Waals surface area (Å²) in [6.45, 7) is 2.04. The molecule has 1 amide bonds. The van der Waals surface area contributed by atoms with Crippen molar-refractivity contribution in [3.8, 4) is 34.0 Å². The number of carbonyl (C=O) groups excluding carboxylic acids is 1. The third-order valence-electron chi connectivity index (χ3n) is 6.58. The van der Waals surface area contributed by atoms with Gasteiger partial charge in [-0.1, -0.05) is 30.3 Å². The Hall–Kier alpha value is -3.55. The highest BCUT2D eigenvalue weighted by atomic mass is 16.5. The van der Waals surface area contributed by atoms with Gasteiger partial charge in [-0.2, -0.15) is 5.10 Å². The number of amides is 1. The zero-order valence-electron chi connectivity index (χ0n) is 18.9. The van der Waals surface area contributed by atoms with Gasteiger partial charge in [0.2, 0.25) is 5.91 Å². The van der Waals surface area contributed by atoms with Crippen LogP contribution in [0.3, 0.4) is 0 Å². The molecule has 1 N–H and O–H groups in total. The van der Waals surface area contributed by atoms with Crippen molar-refractivity contribution in [2.24, 2.45) is 11.8 Å². The molecule has 0 unspecified atom stereocenters. The number of ether oxygens (including phenoxy) is 2. The fourth-order valence-corrected chi connectivity index (χ4v) is 4.56. The second kappa shape index (κ2) is 8.77. The lowest BCUT2D eigenvalue weighted by Crippen LogP contribution is -2.31. The summed E-state index contributed by atoms with van der Waals surface area (Å²) in [7, 11) is 3.23. The van der Waals surface area contributed by atoms with Crippen molar-refractivity contribution < 1.29 is 14.3 Å². The van der Waals surface area contributed by atoms with E-state index < -0.39 is 0 Å². The molecule has 1 aliphatic heterocycles. The summed E-state index contributed by atoms with van der Waals surface area (Å²) >= 11 is 0. The summed E-state index contributed by atoms with van der Waals surface area (Å²) in [4.78, 5) is 26.8. The van der Waals surface area contributed by atoms with Gasteiger partial charge in [0.15, 0.2) is 17.3 Å². The average Bonchev–Trinajstić information content (AvgIpc) is 3.50. The molecular formula is C25H28N4O4. The number of methoxy groups -OCH3 is 2. The summed E-state index contributed by atoms with van der Waals surface area (Å²) < 4.78 is 12.4. The summed E-state index contributed by atoms with van der Waals surface area (Å²) in [5.41, 5.74) is 2.67. The van der Waals surface area contributed by atoms with Gasteiger partial charge < -0.3 is 14.4 Å². The predicted molar refractivity (Wildman–Crippen MR) is 124 cm³/mol. The largest absolute Gasteiger partial charge is 0.493 e. The van der Waals surface area contributed by atoms with Crippen molar-refractivity contribution >= 4 is 5.91 Å². The van der Waals surface area contributed by atoms with E-state index in [1.165, 1.54) is 0 Å². The molecule has 2 fully saturated rings. The van der Waals surface area contributed by atoms with Crippen LogP contribution in [0, 0.1) is 11.8 Å². The van der Waals surface area contributed by atoms with E-state index in [-0.39, 0.29) is 23.4 Å². The molecule has 1 saturated carbocycles. The Labute approximate surface area is 192 Å². The number of hydrogen-bond acceptors (Lipinski definition) is 5. The molecule has 1 aromatic heterocycles. The summed E-state index contributed by atoms with van der Waals surface area (Å²) in [6, 6.07) is 13.7. The molecule has 5 rings (SSSR count). The number of H-pyrrole nitrogens is 1. The second-order valence-corrected chi connectivity index (χ2v) is 8.82. The first-order valence-corrected chi connectivity index (χ1v) is 11.3. The lowest BCUT2D eigenvalue weighted by atomic mass is 10.0. The van der Waals surface area contributed by atoms with Crippen molar-refractivity contribution in [3.05, 3.63) is 52.9 Å². The van der Waals surface area contributed by atoms with E-state index >= 15 is 0 Å². The monoisotopic (exact) mass is 448 g/mol. The Morgan fingerprint density at radius 1 is 1.00 bits per heavy atom. The number of aromatic amines is 1. The number of rotatable bonds is 7. The number of aromatic nitrogens is 3. The third kappa shape index (κ3) is 4.25. The minimum atomic E-state index is -0.221. The van der Waals surface area contributed by atoms with Crippen molar-refractivity contribution in [2.75, 3.05) is 27.3 Å². The smallest absolute Gasteiger partial charge is 0.343 e. The molecule has 3 aromatic rings. The normalized spacial score (nSPS) is 17.9. The molecule has 0 bridgehead atoms. The van der Waals surface area contributed by atoms with E-state index in [0.717, 1.165) is 42.5 Å². The first-order chi connectivity index (χ1) is 16.1. The van der Waals surface area contributed by atoms with Crippen molar-refractivity contribution in [1.29, 1.82) is 0 Å². The minimum Gasteiger partial charge on any atom is -0.493 e. The van der Waals surface area contributed by atoms with E-state index in [1.807, 2.05) is 47.4 Å². The molecule has 0 radical (unpaired) electrons. The van der Waals surface area contributed by atoms with Crippen molar-refractivity contribution in [2.45, 2.75) is 25.8 Å². The number of nitrogens with zero attached hydrogens (tertiary/aromatic N) is 3. The van der Waals surface area contributed by atoms with Crippen LogP contribution in [0.4, 0.5) is 0 Å². The number of benzene rings is 2. The lowest BCUT2D eigenvalue weighted by Gasteiger charge is -2.16. The number of hydrogen-bond donors (Lipinski definition) is 1. The SMILES string of the molecule is COc1ccc(-c2ccc(-c3n[nH]c(=O)n3C[C@@H]3CCN(C(=O)C4CC4)C3)cc2)cc1OC. The van der Waals surface area contributed by atoms with E-state index in [4.69, 9.17) is 9.47 Å². The second-order valence-electron chi connectivity index (χ2n) is 8.82. The average molecular weight is 449 g/mol. The molecular weight excluding hydrogens is 420 g/mol. The van der Waals surface area contributed by atoms with Gasteiger partial charge in [0.1, 0.15) is 0 Å². The van der Waals surface area contributed by atoms with Gasteiger partial charge in [-0.05, 0) is 48.4 Å². The van der Waals surface area contributed by atoms with Crippen LogP contribution < -0.4 is 15.2 Å². The van der Waals surface area contributed by atoms with E-state index in [9.17, 15) is 9.59 Å². The van der Waals surface area contributed by atoms with Crippen LogP contribution >= 0.6 is 0 Å². The molecule has 2 heterocycles. The van der Waals surface area contributed by atoms with E-state index in [2.05, 4.69) is 10.2 Å². The maximum atomic E-state index is 12.5. The first-order valence-electron chi connectivity index (χ1n) is 11.3. The van der Waals surface area contributed by atoms with Crippen molar-refractivity contribution in [3.63, 3.8) is 0 Å². The maximum Gasteiger partial charge on any atom is 0.343 e. The van der Waals surface area contributed by atoms with Gasteiger partial charge in [-0.15, -0.1) is 0 Å². The summed E-state index contributed by atoms with van der Waals surface area (Å²) in [5, 5.41) is 6.87. The molecule has 8 nitrogen and oxygen atoms in total. The van der Waals surface area contributed by atoms with Crippen LogP contribution in [0.2, 0.25) is 0 Å². The molecule has 0 spiro atoms. The summed E-state index contributed by atoms with van der Waals surface area (Å²) in [6.07, 6.45) is 2.95. The quantitative estimate of drug-likeness (QED) is 0.600. The fourth-order valence-electron chi connectivity index (χ4n) is 4.56. The van der Waals surface area contributed by atoms with Crippen molar-refractivity contribution in [1.82, 2.24) is 19.7 Å². The zero-order valence-corrected chi connectivity index (χ0v) is 18.9. The van der Waals surface area contributed by atoms with Gasteiger partial charge in [-0.25, -0.2) is 9.89 Å². The number of carbonyl (C=O) groups is 1. The summed E-state index contributed by atoms with van der Waals surface area (Å²) in [5.74, 6) is 2.75. The fraction of sp³-hybridized carbons (Fsp3) is 0.400. The van der Waals surface area contributed by atoms with Gasteiger partial charge in [0.25, 0.3) is 0 Å². The van der Waals surface area contributed by atoms with Gasteiger partial charge >= 0.3 is 5.69 Å².